The van der Waals surface area contributed by atoms with Gasteiger partial charge in [-0.05, 0) is 69.9 Å². The van der Waals surface area contributed by atoms with Crippen molar-refractivity contribution in [2.24, 2.45) is 4.99 Å². The molecule has 2 aromatic rings. The molecular formula is C23H36IN5O2. The molecule has 3 rings (SSSR count). The number of hydrogen-bond acceptors (Lipinski definition) is 5. The molecule has 1 unspecified atom stereocenters. The third-order valence-corrected chi connectivity index (χ3v) is 5.31. The number of benzene rings is 1. The highest BCUT2D eigenvalue weighted by Gasteiger charge is 2.25. The molecule has 0 spiro atoms. The molecule has 1 fully saturated rings. The summed E-state index contributed by atoms with van der Waals surface area (Å²) >= 11 is 0. The molecule has 0 amide bonds. The van der Waals surface area contributed by atoms with E-state index in [2.05, 4.69) is 43.6 Å². The second kappa shape index (κ2) is 13.6. The first-order valence-electron chi connectivity index (χ1n) is 10.7. The summed E-state index contributed by atoms with van der Waals surface area (Å²) in [4.78, 5) is 8.97. The van der Waals surface area contributed by atoms with Crippen LogP contribution in [0.2, 0.25) is 0 Å². The van der Waals surface area contributed by atoms with E-state index < -0.39 is 0 Å². The molecule has 2 N–H and O–H groups in total. The maximum absolute atomic E-state index is 5.84. The fourth-order valence-corrected chi connectivity index (χ4v) is 3.63. The van der Waals surface area contributed by atoms with E-state index in [9.17, 15) is 0 Å². The summed E-state index contributed by atoms with van der Waals surface area (Å²) < 4.78 is 11.5. The number of hydrogen-bond donors (Lipinski definition) is 2. The van der Waals surface area contributed by atoms with Gasteiger partial charge in [-0.1, -0.05) is 12.1 Å². The molecule has 1 saturated heterocycles. The summed E-state index contributed by atoms with van der Waals surface area (Å²) in [5, 5.41) is 6.87. The molecule has 1 atom stereocenters. The van der Waals surface area contributed by atoms with Crippen LogP contribution in [0.25, 0.3) is 0 Å². The number of likely N-dealkylation sites (tertiary alicyclic amines) is 1. The fraction of sp³-hybridized carbons (Fsp3) is 0.522. The maximum atomic E-state index is 5.84. The largest absolute Gasteiger partial charge is 0.492 e. The van der Waals surface area contributed by atoms with Crippen LogP contribution in [-0.2, 0) is 6.54 Å². The van der Waals surface area contributed by atoms with Gasteiger partial charge in [-0.3, -0.25) is 9.89 Å². The van der Waals surface area contributed by atoms with E-state index >= 15 is 0 Å². The van der Waals surface area contributed by atoms with Crippen molar-refractivity contribution in [3.8, 4) is 5.75 Å². The van der Waals surface area contributed by atoms with Crippen molar-refractivity contribution in [2.45, 2.75) is 25.4 Å². The van der Waals surface area contributed by atoms with Crippen molar-refractivity contribution >= 4 is 29.9 Å². The van der Waals surface area contributed by atoms with Gasteiger partial charge in [0.05, 0.1) is 12.3 Å². The Morgan fingerprint density at radius 1 is 1.19 bits per heavy atom. The van der Waals surface area contributed by atoms with Gasteiger partial charge in [-0.15, -0.1) is 24.0 Å². The Kier molecular flexibility index (Phi) is 11.2. The minimum atomic E-state index is 0. The van der Waals surface area contributed by atoms with Crippen LogP contribution in [0.4, 0.5) is 0 Å². The average molecular weight is 541 g/mol. The minimum Gasteiger partial charge on any atom is -0.492 e. The molecule has 1 aliphatic rings. The highest BCUT2D eigenvalue weighted by molar-refractivity contribution is 14.0. The number of ether oxygens (including phenoxy) is 1. The summed E-state index contributed by atoms with van der Waals surface area (Å²) in [6.07, 6.45) is 4.24. The molecule has 1 aromatic heterocycles. The van der Waals surface area contributed by atoms with E-state index in [4.69, 9.17) is 9.15 Å². The van der Waals surface area contributed by atoms with Gasteiger partial charge < -0.3 is 24.7 Å². The second-order valence-electron chi connectivity index (χ2n) is 7.88. The van der Waals surface area contributed by atoms with Gasteiger partial charge in [-0.2, -0.15) is 0 Å². The quantitative estimate of drug-likeness (QED) is 0.274. The van der Waals surface area contributed by atoms with E-state index in [1.165, 1.54) is 12.8 Å². The molecule has 0 radical (unpaired) electrons. The third-order valence-electron chi connectivity index (χ3n) is 5.31. The molecule has 0 saturated carbocycles. The maximum Gasteiger partial charge on any atom is 0.191 e. The summed E-state index contributed by atoms with van der Waals surface area (Å²) in [6.45, 7) is 5.23. The molecule has 172 valence electrons. The van der Waals surface area contributed by atoms with E-state index in [-0.39, 0.29) is 30.0 Å². The molecule has 1 aliphatic heterocycles. The van der Waals surface area contributed by atoms with Crippen molar-refractivity contribution in [1.29, 1.82) is 0 Å². The van der Waals surface area contributed by atoms with Crippen LogP contribution in [0.1, 0.15) is 30.2 Å². The van der Waals surface area contributed by atoms with Crippen molar-refractivity contribution in [3.63, 3.8) is 0 Å². The Labute approximate surface area is 203 Å². The standard InChI is InChI=1S/C23H35N5O2.HI/c1-24-23(25-17-19-8-6-9-20(16-19)29-15-13-27(2)3)26-18-21(22-10-7-14-30-22)28-11-4-5-12-28;/h6-10,14,16,21H,4-5,11-13,15,17-18H2,1-3H3,(H2,24,25,26);1H. The predicted octanol–water partition coefficient (Wildman–Crippen LogP) is 3.34. The molecular weight excluding hydrogens is 505 g/mol. The van der Waals surface area contributed by atoms with Crippen LogP contribution >= 0.6 is 24.0 Å². The Hall–Kier alpha value is -1.78. The van der Waals surface area contributed by atoms with Crippen molar-refractivity contribution in [1.82, 2.24) is 20.4 Å². The van der Waals surface area contributed by atoms with Crippen LogP contribution in [0.5, 0.6) is 5.75 Å². The monoisotopic (exact) mass is 541 g/mol. The van der Waals surface area contributed by atoms with E-state index in [0.717, 1.165) is 49.2 Å². The zero-order valence-corrected chi connectivity index (χ0v) is 21.2. The summed E-state index contributed by atoms with van der Waals surface area (Å²) in [5.74, 6) is 2.68. The Balaban J connectivity index is 0.00000341. The number of likely N-dealkylation sites (N-methyl/N-ethyl adjacent to an activating group) is 1. The Morgan fingerprint density at radius 2 is 2.00 bits per heavy atom. The van der Waals surface area contributed by atoms with Crippen molar-refractivity contribution < 1.29 is 9.15 Å². The van der Waals surface area contributed by atoms with Crippen molar-refractivity contribution in [2.75, 3.05) is 53.9 Å². The minimum absolute atomic E-state index is 0. The van der Waals surface area contributed by atoms with Gasteiger partial charge in [0.15, 0.2) is 5.96 Å². The number of nitrogens with one attached hydrogen (secondary N) is 2. The molecule has 31 heavy (non-hydrogen) atoms. The second-order valence-corrected chi connectivity index (χ2v) is 7.88. The molecule has 1 aromatic carbocycles. The third kappa shape index (κ3) is 8.34. The number of rotatable bonds is 10. The van der Waals surface area contributed by atoms with Crippen LogP contribution in [0, 0.1) is 0 Å². The molecule has 0 aliphatic carbocycles. The van der Waals surface area contributed by atoms with E-state index in [1.807, 2.05) is 32.3 Å². The normalized spacial score (nSPS) is 15.5. The number of halogens is 1. The first-order valence-corrected chi connectivity index (χ1v) is 10.7. The lowest BCUT2D eigenvalue weighted by Gasteiger charge is -2.26. The van der Waals surface area contributed by atoms with Crippen LogP contribution < -0.4 is 15.4 Å². The van der Waals surface area contributed by atoms with Gasteiger partial charge in [0.1, 0.15) is 18.1 Å². The van der Waals surface area contributed by atoms with Gasteiger partial charge >= 0.3 is 0 Å². The van der Waals surface area contributed by atoms with Crippen LogP contribution in [0.15, 0.2) is 52.1 Å². The highest BCUT2D eigenvalue weighted by atomic mass is 127. The smallest absolute Gasteiger partial charge is 0.191 e. The highest BCUT2D eigenvalue weighted by Crippen LogP contribution is 2.24. The summed E-state index contributed by atoms with van der Waals surface area (Å²) in [7, 11) is 5.89. The number of aliphatic imine (C=N–C) groups is 1. The van der Waals surface area contributed by atoms with E-state index in [1.54, 1.807) is 13.3 Å². The van der Waals surface area contributed by atoms with Gasteiger partial charge in [-0.25, -0.2) is 0 Å². The lowest BCUT2D eigenvalue weighted by molar-refractivity contribution is 0.215. The SMILES string of the molecule is CN=C(NCc1cccc(OCCN(C)C)c1)NCC(c1ccco1)N1CCCC1.I. The molecule has 8 heteroatoms. The molecule has 2 heterocycles. The lowest BCUT2D eigenvalue weighted by Crippen LogP contribution is -2.42. The first kappa shape index (κ1) is 25.5. The average Bonchev–Trinajstić information content (AvgIpc) is 3.45. The van der Waals surface area contributed by atoms with Crippen molar-refractivity contribution in [3.05, 3.63) is 54.0 Å². The molecule has 0 bridgehead atoms. The van der Waals surface area contributed by atoms with E-state index in [0.29, 0.717) is 13.2 Å². The topological polar surface area (TPSA) is 65.3 Å². The summed E-state index contributed by atoms with van der Waals surface area (Å²) in [5.41, 5.74) is 1.16. The molecule has 7 nitrogen and oxygen atoms in total. The Bertz CT molecular complexity index is 776. The van der Waals surface area contributed by atoms with Crippen LogP contribution in [-0.4, -0.2) is 69.7 Å². The predicted molar refractivity (Wildman–Crippen MR) is 136 cm³/mol. The Morgan fingerprint density at radius 3 is 2.68 bits per heavy atom. The first-order chi connectivity index (χ1) is 14.7. The van der Waals surface area contributed by atoms with Crippen LogP contribution in [0.3, 0.4) is 0 Å². The zero-order chi connectivity index (χ0) is 21.2. The number of nitrogens with zero attached hydrogens (tertiary/aromatic N) is 3. The fourth-order valence-electron chi connectivity index (χ4n) is 3.63. The number of furan rings is 1. The van der Waals surface area contributed by atoms with Gasteiger partial charge in [0.25, 0.3) is 0 Å². The lowest BCUT2D eigenvalue weighted by atomic mass is 10.2. The number of guanidine groups is 1. The van der Waals surface area contributed by atoms with Gasteiger partial charge in [0, 0.05) is 26.7 Å². The zero-order valence-electron chi connectivity index (χ0n) is 18.8. The van der Waals surface area contributed by atoms with Gasteiger partial charge in [0.2, 0.25) is 0 Å². The summed E-state index contributed by atoms with van der Waals surface area (Å²) in [6, 6.07) is 12.4.